The summed E-state index contributed by atoms with van der Waals surface area (Å²) in [5.41, 5.74) is 0.577. The van der Waals surface area contributed by atoms with Crippen molar-refractivity contribution >= 4 is 34.8 Å². The molecule has 0 N–H and O–H groups in total. The van der Waals surface area contributed by atoms with E-state index >= 15 is 0 Å². The Hall–Kier alpha value is -3.33. The highest BCUT2D eigenvalue weighted by atomic mass is 32.1. The standard InChI is InChI=1S/C18H13N3O5S/c22-15-6-7-16(23)21(15)12-4-1-3-11(9-12)18(24)25-10-14-19-17(20-26-14)13-5-2-8-27-13/h1-5,8-9H,6-7,10H2. The fourth-order valence-corrected chi connectivity index (χ4v) is 3.32. The smallest absolute Gasteiger partial charge is 0.338 e. The molecule has 0 atom stereocenters. The topological polar surface area (TPSA) is 103 Å². The number of hydrogen-bond donors (Lipinski definition) is 0. The minimum Gasteiger partial charge on any atom is -0.452 e. The number of esters is 1. The number of nitrogens with zero attached hydrogens (tertiary/aromatic N) is 3. The Balaban J connectivity index is 1.44. The Morgan fingerprint density at radius 3 is 2.74 bits per heavy atom. The van der Waals surface area contributed by atoms with Crippen LogP contribution in [0.2, 0.25) is 0 Å². The molecule has 0 unspecified atom stereocenters. The summed E-state index contributed by atoms with van der Waals surface area (Å²) in [6.45, 7) is -0.178. The van der Waals surface area contributed by atoms with Crippen molar-refractivity contribution in [2.45, 2.75) is 19.4 Å². The zero-order valence-electron chi connectivity index (χ0n) is 14.0. The van der Waals surface area contributed by atoms with Gasteiger partial charge >= 0.3 is 5.97 Å². The minimum absolute atomic E-state index is 0.174. The van der Waals surface area contributed by atoms with Gasteiger partial charge in [0.05, 0.1) is 16.1 Å². The van der Waals surface area contributed by atoms with Gasteiger partial charge in [0.15, 0.2) is 6.61 Å². The minimum atomic E-state index is -0.619. The van der Waals surface area contributed by atoms with Crippen molar-refractivity contribution in [2.75, 3.05) is 4.90 Å². The first-order valence-electron chi connectivity index (χ1n) is 8.11. The average molecular weight is 383 g/mol. The molecule has 9 heteroatoms. The molecule has 1 aromatic carbocycles. The van der Waals surface area contributed by atoms with Crippen molar-refractivity contribution in [1.82, 2.24) is 10.1 Å². The third-order valence-electron chi connectivity index (χ3n) is 3.93. The highest BCUT2D eigenvalue weighted by Gasteiger charge is 2.30. The van der Waals surface area contributed by atoms with Crippen LogP contribution in [-0.2, 0) is 20.9 Å². The number of thiophene rings is 1. The number of carbonyl (C=O) groups is 3. The van der Waals surface area contributed by atoms with E-state index in [1.54, 1.807) is 18.2 Å². The first-order chi connectivity index (χ1) is 13.1. The van der Waals surface area contributed by atoms with E-state index in [9.17, 15) is 14.4 Å². The maximum atomic E-state index is 12.3. The summed E-state index contributed by atoms with van der Waals surface area (Å²) < 4.78 is 10.3. The molecule has 0 spiro atoms. The lowest BCUT2D eigenvalue weighted by Crippen LogP contribution is -2.28. The largest absolute Gasteiger partial charge is 0.452 e. The quantitative estimate of drug-likeness (QED) is 0.493. The monoisotopic (exact) mass is 383 g/mol. The van der Waals surface area contributed by atoms with Gasteiger partial charge in [-0.3, -0.25) is 14.5 Å². The van der Waals surface area contributed by atoms with Crippen LogP contribution >= 0.6 is 11.3 Å². The van der Waals surface area contributed by atoms with Crippen molar-refractivity contribution in [2.24, 2.45) is 0 Å². The van der Waals surface area contributed by atoms with Crippen molar-refractivity contribution in [3.8, 4) is 10.7 Å². The number of anilines is 1. The van der Waals surface area contributed by atoms with Gasteiger partial charge < -0.3 is 9.26 Å². The maximum absolute atomic E-state index is 12.3. The van der Waals surface area contributed by atoms with Crippen LogP contribution in [0, 0.1) is 0 Å². The van der Waals surface area contributed by atoms with Gasteiger partial charge in [-0.2, -0.15) is 4.98 Å². The molecule has 136 valence electrons. The fraction of sp³-hybridized carbons (Fsp3) is 0.167. The third kappa shape index (κ3) is 3.49. The SMILES string of the molecule is O=C(OCc1nc(-c2cccs2)no1)c1cccc(N2C(=O)CCC2=O)c1. The molecule has 3 aromatic rings. The lowest BCUT2D eigenvalue weighted by molar-refractivity contribution is -0.121. The van der Waals surface area contributed by atoms with Crippen LogP contribution in [0.15, 0.2) is 46.3 Å². The van der Waals surface area contributed by atoms with Crippen molar-refractivity contribution in [3.63, 3.8) is 0 Å². The van der Waals surface area contributed by atoms with E-state index in [4.69, 9.17) is 9.26 Å². The molecule has 4 rings (SSSR count). The van der Waals surface area contributed by atoms with Gasteiger partial charge in [0.1, 0.15) is 0 Å². The van der Waals surface area contributed by atoms with Gasteiger partial charge in [0, 0.05) is 12.8 Å². The molecule has 0 aliphatic carbocycles. The van der Waals surface area contributed by atoms with Crippen LogP contribution in [0.4, 0.5) is 5.69 Å². The summed E-state index contributed by atoms with van der Waals surface area (Å²) in [6.07, 6.45) is 0.356. The number of aromatic nitrogens is 2. The predicted octanol–water partition coefficient (Wildman–Crippen LogP) is 2.81. The molecule has 1 aliphatic rings. The Bertz CT molecular complexity index is 996. The molecule has 3 heterocycles. The van der Waals surface area contributed by atoms with E-state index in [-0.39, 0.29) is 42.7 Å². The van der Waals surface area contributed by atoms with Crippen LogP contribution in [-0.4, -0.2) is 27.9 Å². The number of hydrogen-bond acceptors (Lipinski definition) is 8. The molecule has 2 amide bonds. The van der Waals surface area contributed by atoms with E-state index in [2.05, 4.69) is 10.1 Å². The summed E-state index contributed by atoms with van der Waals surface area (Å²) in [4.78, 5) is 42.1. The molecule has 1 saturated heterocycles. The number of benzene rings is 1. The number of ether oxygens (including phenoxy) is 1. The van der Waals surface area contributed by atoms with Crippen LogP contribution in [0.25, 0.3) is 10.7 Å². The van der Waals surface area contributed by atoms with Gasteiger partial charge in [0.2, 0.25) is 17.6 Å². The van der Waals surface area contributed by atoms with E-state index in [0.29, 0.717) is 11.5 Å². The average Bonchev–Trinajstić information content (AvgIpc) is 3.41. The van der Waals surface area contributed by atoms with Crippen molar-refractivity contribution < 1.29 is 23.6 Å². The summed E-state index contributed by atoms with van der Waals surface area (Å²) in [6, 6.07) is 9.92. The lowest BCUT2D eigenvalue weighted by atomic mass is 10.2. The van der Waals surface area contributed by atoms with Crippen molar-refractivity contribution in [1.29, 1.82) is 0 Å². The van der Waals surface area contributed by atoms with Gasteiger partial charge in [-0.25, -0.2) is 4.79 Å². The van der Waals surface area contributed by atoms with E-state index in [1.807, 2.05) is 17.5 Å². The second-order valence-electron chi connectivity index (χ2n) is 5.74. The molecule has 1 fully saturated rings. The van der Waals surface area contributed by atoms with E-state index in [0.717, 1.165) is 9.78 Å². The van der Waals surface area contributed by atoms with Crippen LogP contribution in [0.1, 0.15) is 29.1 Å². The molecule has 8 nitrogen and oxygen atoms in total. The van der Waals surface area contributed by atoms with Crippen LogP contribution in [0.5, 0.6) is 0 Å². The second kappa shape index (κ2) is 7.12. The Labute approximate surface area is 157 Å². The van der Waals surface area contributed by atoms with Crippen molar-refractivity contribution in [3.05, 3.63) is 53.2 Å². The third-order valence-corrected chi connectivity index (χ3v) is 4.79. The normalized spacial score (nSPS) is 14.0. The fourth-order valence-electron chi connectivity index (χ4n) is 2.67. The Morgan fingerprint density at radius 2 is 2.00 bits per heavy atom. The molecule has 2 aromatic heterocycles. The number of carbonyl (C=O) groups excluding carboxylic acids is 3. The predicted molar refractivity (Wildman–Crippen MR) is 94.9 cm³/mol. The van der Waals surface area contributed by atoms with Crippen LogP contribution < -0.4 is 4.90 Å². The highest BCUT2D eigenvalue weighted by molar-refractivity contribution is 7.13. The molecular formula is C18H13N3O5S. The molecule has 0 saturated carbocycles. The molecule has 27 heavy (non-hydrogen) atoms. The molecular weight excluding hydrogens is 370 g/mol. The Kier molecular flexibility index (Phi) is 4.51. The first kappa shape index (κ1) is 17.1. The summed E-state index contributed by atoms with van der Waals surface area (Å²) >= 11 is 1.47. The van der Waals surface area contributed by atoms with Crippen LogP contribution in [0.3, 0.4) is 0 Å². The summed E-state index contributed by atoms with van der Waals surface area (Å²) in [7, 11) is 0. The number of rotatable bonds is 5. The lowest BCUT2D eigenvalue weighted by Gasteiger charge is -2.14. The molecule has 0 radical (unpaired) electrons. The molecule has 0 bridgehead atoms. The van der Waals surface area contributed by atoms with Gasteiger partial charge in [-0.1, -0.05) is 17.3 Å². The van der Waals surface area contributed by atoms with Gasteiger partial charge in [-0.05, 0) is 29.6 Å². The first-order valence-corrected chi connectivity index (χ1v) is 8.99. The number of amides is 2. The highest BCUT2D eigenvalue weighted by Crippen LogP contribution is 2.24. The Morgan fingerprint density at radius 1 is 1.19 bits per heavy atom. The summed E-state index contributed by atoms with van der Waals surface area (Å²) in [5, 5.41) is 5.74. The van der Waals surface area contributed by atoms with Gasteiger partial charge in [0.25, 0.3) is 5.89 Å². The maximum Gasteiger partial charge on any atom is 0.338 e. The second-order valence-corrected chi connectivity index (χ2v) is 6.69. The van der Waals surface area contributed by atoms with Gasteiger partial charge in [-0.15, -0.1) is 11.3 Å². The molecule has 1 aliphatic heterocycles. The summed E-state index contributed by atoms with van der Waals surface area (Å²) in [5.74, 6) is -0.571. The zero-order chi connectivity index (χ0) is 18.8. The zero-order valence-corrected chi connectivity index (χ0v) is 14.8. The number of imide groups is 1. The van der Waals surface area contributed by atoms with E-state index < -0.39 is 5.97 Å². The van der Waals surface area contributed by atoms with E-state index in [1.165, 1.54) is 17.4 Å².